The molecule has 1 aliphatic heterocycles. The van der Waals surface area contributed by atoms with Gasteiger partial charge in [0.05, 0.1) is 11.8 Å². The smallest absolute Gasteiger partial charge is 0.329 e. The highest BCUT2D eigenvalue weighted by molar-refractivity contribution is 6.08. The molecule has 2 rings (SSSR count). The molecule has 28 heavy (non-hydrogen) atoms. The lowest BCUT2D eigenvalue weighted by Crippen LogP contribution is -2.51. The van der Waals surface area contributed by atoms with Crippen LogP contribution in [0.25, 0.3) is 0 Å². The number of likely N-dealkylation sites (tertiary alicyclic amines) is 1. The van der Waals surface area contributed by atoms with Gasteiger partial charge in [-0.1, -0.05) is 12.2 Å². The maximum absolute atomic E-state index is 12.5. The minimum absolute atomic E-state index is 0.398. The van der Waals surface area contributed by atoms with Gasteiger partial charge in [-0.25, -0.2) is 9.59 Å². The van der Waals surface area contributed by atoms with Crippen LogP contribution in [0.15, 0.2) is 12.2 Å². The number of carbonyl (C=O) groups excluding carboxylic acids is 5. The highest BCUT2D eigenvalue weighted by atomic mass is 16.5. The number of rotatable bonds is 4. The topological polar surface area (TPSA) is 122 Å². The second-order valence-electron chi connectivity index (χ2n) is 8.15. The number of esters is 1. The zero-order chi connectivity index (χ0) is 21.2. The molecule has 0 unspecified atom stereocenters. The Morgan fingerprint density at radius 2 is 1.57 bits per heavy atom. The number of nitrogens with zero attached hydrogens (tertiary/aromatic N) is 1. The van der Waals surface area contributed by atoms with Gasteiger partial charge in [-0.05, 0) is 47.5 Å². The van der Waals surface area contributed by atoms with Gasteiger partial charge in [0.15, 0.2) is 6.10 Å². The zero-order valence-electron chi connectivity index (χ0n) is 16.8. The second kappa shape index (κ2) is 8.12. The first kappa shape index (κ1) is 21.6. The van der Waals surface area contributed by atoms with E-state index in [2.05, 4.69) is 10.6 Å². The Bertz CT molecular complexity index is 698. The number of urea groups is 1. The van der Waals surface area contributed by atoms with Gasteiger partial charge in [0, 0.05) is 5.54 Å². The lowest BCUT2D eigenvalue weighted by molar-refractivity contribution is -0.163. The Hall–Kier alpha value is -2.71. The predicted octanol–water partition coefficient (Wildman–Crippen LogP) is 0.882. The van der Waals surface area contributed by atoms with Crippen LogP contribution in [0.3, 0.4) is 0 Å². The van der Waals surface area contributed by atoms with Crippen LogP contribution in [-0.2, 0) is 23.9 Å². The summed E-state index contributed by atoms with van der Waals surface area (Å²) in [6.45, 7) is 7.94. The molecule has 154 valence electrons. The molecule has 0 bridgehead atoms. The largest absolute Gasteiger partial charge is 0.451 e. The van der Waals surface area contributed by atoms with E-state index in [1.165, 1.54) is 13.8 Å². The number of carbonyl (C=O) groups is 5. The molecule has 5 amide bonds. The van der Waals surface area contributed by atoms with Gasteiger partial charge in [-0.15, -0.1) is 0 Å². The van der Waals surface area contributed by atoms with Crippen molar-refractivity contribution in [2.24, 2.45) is 11.8 Å². The van der Waals surface area contributed by atoms with E-state index < -0.39 is 59.2 Å². The van der Waals surface area contributed by atoms with Crippen molar-refractivity contribution in [3.63, 3.8) is 0 Å². The summed E-state index contributed by atoms with van der Waals surface area (Å²) in [7, 11) is 0. The Kier molecular flexibility index (Phi) is 6.26. The van der Waals surface area contributed by atoms with E-state index in [0.717, 1.165) is 4.90 Å². The second-order valence-corrected chi connectivity index (χ2v) is 8.15. The maximum atomic E-state index is 12.5. The van der Waals surface area contributed by atoms with Crippen LogP contribution < -0.4 is 10.6 Å². The fourth-order valence-electron chi connectivity index (χ4n) is 3.22. The number of ether oxygens (including phenoxy) is 1. The predicted molar refractivity (Wildman–Crippen MR) is 98.7 cm³/mol. The number of fused-ring (bicyclic) bond motifs is 1. The summed E-state index contributed by atoms with van der Waals surface area (Å²) in [5.74, 6) is -3.38. The summed E-state index contributed by atoms with van der Waals surface area (Å²) >= 11 is 0. The van der Waals surface area contributed by atoms with Crippen molar-refractivity contribution in [3.8, 4) is 0 Å². The van der Waals surface area contributed by atoms with E-state index >= 15 is 0 Å². The van der Waals surface area contributed by atoms with Crippen LogP contribution in [0.1, 0.15) is 47.5 Å². The molecular weight excluding hydrogens is 366 g/mol. The van der Waals surface area contributed by atoms with Crippen molar-refractivity contribution < 1.29 is 28.7 Å². The molecule has 1 aliphatic carbocycles. The number of imide groups is 2. The van der Waals surface area contributed by atoms with Gasteiger partial charge in [0.25, 0.3) is 5.91 Å². The minimum atomic E-state index is -1.27. The third-order valence-electron chi connectivity index (χ3n) is 4.66. The lowest BCUT2D eigenvalue weighted by Gasteiger charge is -2.24. The van der Waals surface area contributed by atoms with Crippen molar-refractivity contribution >= 4 is 29.7 Å². The SMILES string of the molecule is C[C@H](OC(=O)[C@H](C)N1C(=O)[C@H]2CC=CC[C@@H]2C1=O)C(=O)NC(=O)NC(C)(C)C. The quantitative estimate of drug-likeness (QED) is 0.415. The van der Waals surface area contributed by atoms with E-state index in [0.29, 0.717) is 12.8 Å². The lowest BCUT2D eigenvalue weighted by atomic mass is 9.85. The summed E-state index contributed by atoms with van der Waals surface area (Å²) in [6.07, 6.45) is 3.38. The standard InChI is InChI=1S/C19H27N3O6/c1-10(22-15(24)12-8-6-7-9-13(12)16(22)25)17(26)28-11(2)14(23)20-18(27)21-19(3,4)5/h6-7,10-13H,8-9H2,1-5H3,(H2,20,21,23,27)/t10-,11-,12-,13-/m0/s1. The van der Waals surface area contributed by atoms with Crippen LogP contribution in [-0.4, -0.2) is 52.3 Å². The summed E-state index contributed by atoms with van der Waals surface area (Å²) in [5.41, 5.74) is -0.541. The molecule has 1 saturated heterocycles. The van der Waals surface area contributed by atoms with Gasteiger partial charge in [-0.2, -0.15) is 0 Å². The highest BCUT2D eigenvalue weighted by Gasteiger charge is 2.50. The van der Waals surface area contributed by atoms with Crippen molar-refractivity contribution in [1.29, 1.82) is 0 Å². The maximum Gasteiger partial charge on any atom is 0.329 e. The Morgan fingerprint density at radius 3 is 2.04 bits per heavy atom. The number of amides is 5. The third kappa shape index (κ3) is 4.76. The third-order valence-corrected chi connectivity index (χ3v) is 4.66. The molecule has 1 fully saturated rings. The summed E-state index contributed by atoms with van der Waals surface area (Å²) in [6, 6.07) is -1.86. The molecule has 0 aromatic carbocycles. The molecule has 1 heterocycles. The van der Waals surface area contributed by atoms with Crippen LogP contribution in [0.2, 0.25) is 0 Å². The van der Waals surface area contributed by atoms with Gasteiger partial charge < -0.3 is 10.1 Å². The van der Waals surface area contributed by atoms with Crippen molar-refractivity contribution in [3.05, 3.63) is 12.2 Å². The molecule has 4 atom stereocenters. The van der Waals surface area contributed by atoms with Crippen LogP contribution in [0, 0.1) is 11.8 Å². The molecule has 0 saturated carbocycles. The average Bonchev–Trinajstić information content (AvgIpc) is 2.83. The zero-order valence-corrected chi connectivity index (χ0v) is 16.8. The first-order valence-corrected chi connectivity index (χ1v) is 9.27. The fourth-order valence-corrected chi connectivity index (χ4v) is 3.22. The Morgan fingerprint density at radius 1 is 1.07 bits per heavy atom. The van der Waals surface area contributed by atoms with E-state index in [1.54, 1.807) is 20.8 Å². The molecule has 9 heteroatoms. The van der Waals surface area contributed by atoms with E-state index in [9.17, 15) is 24.0 Å². The van der Waals surface area contributed by atoms with Gasteiger partial charge in [0.1, 0.15) is 6.04 Å². The normalized spacial score (nSPS) is 23.7. The summed E-state index contributed by atoms with van der Waals surface area (Å²) in [4.78, 5) is 62.2. The minimum Gasteiger partial charge on any atom is -0.451 e. The Labute approximate surface area is 163 Å². The fraction of sp³-hybridized carbons (Fsp3) is 0.632. The average molecular weight is 393 g/mol. The summed E-state index contributed by atoms with van der Waals surface area (Å²) < 4.78 is 5.07. The van der Waals surface area contributed by atoms with E-state index in [1.807, 2.05) is 12.2 Å². The molecule has 0 aromatic rings. The molecular formula is C19H27N3O6. The first-order valence-electron chi connectivity index (χ1n) is 9.27. The van der Waals surface area contributed by atoms with Crippen LogP contribution in [0.5, 0.6) is 0 Å². The number of hydrogen-bond acceptors (Lipinski definition) is 6. The van der Waals surface area contributed by atoms with Gasteiger partial charge >= 0.3 is 12.0 Å². The molecule has 2 N–H and O–H groups in total. The van der Waals surface area contributed by atoms with E-state index in [-0.39, 0.29) is 0 Å². The molecule has 0 aromatic heterocycles. The van der Waals surface area contributed by atoms with Crippen molar-refractivity contribution in [2.75, 3.05) is 0 Å². The van der Waals surface area contributed by atoms with Gasteiger partial charge in [-0.3, -0.25) is 24.6 Å². The highest BCUT2D eigenvalue weighted by Crippen LogP contribution is 2.36. The molecule has 0 radical (unpaired) electrons. The molecule has 9 nitrogen and oxygen atoms in total. The number of allylic oxidation sites excluding steroid dienone is 2. The van der Waals surface area contributed by atoms with Crippen molar-refractivity contribution in [1.82, 2.24) is 15.5 Å². The van der Waals surface area contributed by atoms with Gasteiger partial charge in [0.2, 0.25) is 11.8 Å². The van der Waals surface area contributed by atoms with Crippen LogP contribution in [0.4, 0.5) is 4.79 Å². The van der Waals surface area contributed by atoms with E-state index in [4.69, 9.17) is 4.74 Å². The monoisotopic (exact) mass is 393 g/mol. The molecule has 0 spiro atoms. The Balaban J connectivity index is 1.94. The number of hydrogen-bond donors (Lipinski definition) is 2. The molecule has 2 aliphatic rings. The van der Waals surface area contributed by atoms with Crippen LogP contribution >= 0.6 is 0 Å². The summed E-state index contributed by atoms with van der Waals surface area (Å²) in [5, 5.41) is 4.64. The number of nitrogens with one attached hydrogen (secondary N) is 2. The first-order chi connectivity index (χ1) is 12.9. The van der Waals surface area contributed by atoms with Crippen molar-refractivity contribution in [2.45, 2.75) is 65.1 Å².